The van der Waals surface area contributed by atoms with Crippen LogP contribution in [-0.2, 0) is 24.0 Å². The van der Waals surface area contributed by atoms with Crippen molar-refractivity contribution in [3.05, 3.63) is 33.8 Å². The van der Waals surface area contributed by atoms with Crippen molar-refractivity contribution in [1.29, 1.82) is 0 Å². The molecule has 2 rings (SSSR count). The molecule has 1 aromatic carbocycles. The van der Waals surface area contributed by atoms with Crippen LogP contribution in [0, 0.1) is 0 Å². The Morgan fingerprint density at radius 2 is 1.91 bits per heavy atom. The molecular weight excluding hydrogens is 365 g/mol. The highest BCUT2D eigenvalue weighted by Gasteiger charge is 2.49. The van der Waals surface area contributed by atoms with Gasteiger partial charge in [0.25, 0.3) is 0 Å². The highest BCUT2D eigenvalue weighted by Crippen LogP contribution is 2.45. The van der Waals surface area contributed by atoms with Crippen molar-refractivity contribution < 1.29 is 22.1 Å². The van der Waals surface area contributed by atoms with Crippen LogP contribution in [0.15, 0.2) is 18.2 Å². The third-order valence-electron chi connectivity index (χ3n) is 3.74. The lowest BCUT2D eigenvalue weighted by atomic mass is 10.1. The van der Waals surface area contributed by atoms with E-state index in [-0.39, 0.29) is 0 Å². The van der Waals surface area contributed by atoms with Crippen LogP contribution in [0.3, 0.4) is 0 Å². The van der Waals surface area contributed by atoms with Gasteiger partial charge in [-0.25, -0.2) is 4.18 Å². The molecular formula is C14H19Cl2NO5S. The molecule has 1 N–H and O–H groups in total. The fourth-order valence-corrected chi connectivity index (χ4v) is 3.36. The molecule has 1 aromatic rings. The lowest BCUT2D eigenvalue weighted by molar-refractivity contribution is -0.196. The van der Waals surface area contributed by atoms with Crippen LogP contribution in [0.2, 0.25) is 10.0 Å². The number of rotatable bonds is 6. The highest BCUT2D eigenvalue weighted by molar-refractivity contribution is 7.84. The molecule has 2 unspecified atom stereocenters. The second-order valence-corrected chi connectivity index (χ2v) is 7.42. The largest absolute Gasteiger partial charge is 0.338 e. The maximum Gasteiger partial charge on any atom is 0.338 e. The summed E-state index contributed by atoms with van der Waals surface area (Å²) in [5, 5.41) is 0.819. The Balaban J connectivity index is 2.40. The second kappa shape index (κ2) is 7.23. The zero-order valence-corrected chi connectivity index (χ0v) is 15.3. The average Bonchev–Trinajstić information content (AvgIpc) is 2.86. The third kappa shape index (κ3) is 4.17. The van der Waals surface area contributed by atoms with Gasteiger partial charge < -0.3 is 9.47 Å². The Labute approximate surface area is 146 Å². The average molecular weight is 384 g/mol. The minimum absolute atomic E-state index is 0.351. The number of hydrogen-bond acceptors (Lipinski definition) is 5. The van der Waals surface area contributed by atoms with E-state index in [0.717, 1.165) is 0 Å². The molecule has 1 aliphatic heterocycles. The van der Waals surface area contributed by atoms with Crippen molar-refractivity contribution in [2.75, 3.05) is 7.05 Å². The molecule has 23 heavy (non-hydrogen) atoms. The number of benzene rings is 1. The molecule has 0 aliphatic carbocycles. The van der Waals surface area contributed by atoms with E-state index in [0.29, 0.717) is 28.5 Å². The van der Waals surface area contributed by atoms with E-state index in [2.05, 4.69) is 4.72 Å². The van der Waals surface area contributed by atoms with Crippen LogP contribution in [0.25, 0.3) is 0 Å². The first-order chi connectivity index (χ1) is 10.8. The molecule has 1 saturated heterocycles. The quantitative estimate of drug-likeness (QED) is 0.814. The summed E-state index contributed by atoms with van der Waals surface area (Å²) >= 11 is 12.1. The minimum atomic E-state index is -3.96. The molecule has 6 nitrogen and oxygen atoms in total. The van der Waals surface area contributed by atoms with Gasteiger partial charge in [-0.1, -0.05) is 43.1 Å². The van der Waals surface area contributed by atoms with E-state index in [4.69, 9.17) is 36.9 Å². The zero-order chi connectivity index (χ0) is 17.3. The number of nitrogens with one attached hydrogen (secondary N) is 1. The number of hydrogen-bond donors (Lipinski definition) is 1. The fraction of sp³-hybridized carbons (Fsp3) is 0.571. The van der Waals surface area contributed by atoms with Crippen molar-refractivity contribution in [2.45, 2.75) is 44.9 Å². The molecule has 1 fully saturated rings. The van der Waals surface area contributed by atoms with Crippen LogP contribution in [0.4, 0.5) is 0 Å². The van der Waals surface area contributed by atoms with Crippen molar-refractivity contribution in [3.8, 4) is 0 Å². The SMILES string of the molecule is CCC1(CC)OC(OS(=O)(=O)NC)C(c2ccc(Cl)cc2Cl)O1. The standard InChI is InChI=1S/C14H19Cl2NO5S/c1-4-14(5-2)20-12(10-7-6-9(15)8-11(10)16)13(21-14)22-23(18,19)17-3/h6-8,12-13,17H,4-5H2,1-3H3. The molecule has 2 atom stereocenters. The van der Waals surface area contributed by atoms with E-state index < -0.39 is 28.5 Å². The molecule has 130 valence electrons. The smallest absolute Gasteiger partial charge is 0.336 e. The first kappa shape index (κ1) is 18.9. The van der Waals surface area contributed by atoms with E-state index >= 15 is 0 Å². The predicted molar refractivity (Wildman–Crippen MR) is 87.5 cm³/mol. The summed E-state index contributed by atoms with van der Waals surface area (Å²) in [6.07, 6.45) is -0.871. The van der Waals surface area contributed by atoms with Gasteiger partial charge in [-0.15, -0.1) is 0 Å². The lowest BCUT2D eigenvalue weighted by Gasteiger charge is -2.24. The van der Waals surface area contributed by atoms with Crippen molar-refractivity contribution in [1.82, 2.24) is 4.72 Å². The monoisotopic (exact) mass is 383 g/mol. The van der Waals surface area contributed by atoms with E-state index in [1.54, 1.807) is 18.2 Å². The van der Waals surface area contributed by atoms with E-state index in [1.165, 1.54) is 7.05 Å². The van der Waals surface area contributed by atoms with Crippen LogP contribution in [0.5, 0.6) is 0 Å². The number of ether oxygens (including phenoxy) is 2. The molecule has 9 heteroatoms. The fourth-order valence-electron chi connectivity index (χ4n) is 2.36. The topological polar surface area (TPSA) is 73.9 Å². The predicted octanol–water partition coefficient (Wildman–Crippen LogP) is 3.40. The van der Waals surface area contributed by atoms with Gasteiger partial charge in [0.1, 0.15) is 6.10 Å². The van der Waals surface area contributed by atoms with Crippen LogP contribution in [0.1, 0.15) is 38.4 Å². The Bertz CT molecular complexity index is 663. The molecule has 0 radical (unpaired) electrons. The van der Waals surface area contributed by atoms with Gasteiger partial charge in [-0.05, 0) is 25.0 Å². The molecule has 1 aliphatic rings. The summed E-state index contributed by atoms with van der Waals surface area (Å²) in [5.74, 6) is -0.929. The van der Waals surface area contributed by atoms with Crippen molar-refractivity contribution in [3.63, 3.8) is 0 Å². The number of halogens is 2. The van der Waals surface area contributed by atoms with Crippen LogP contribution < -0.4 is 4.72 Å². The maximum absolute atomic E-state index is 11.7. The Morgan fingerprint density at radius 3 is 2.43 bits per heavy atom. The summed E-state index contributed by atoms with van der Waals surface area (Å²) < 4.78 is 42.4. The third-order valence-corrected chi connectivity index (χ3v) is 5.24. The second-order valence-electron chi connectivity index (χ2n) is 5.06. The van der Waals surface area contributed by atoms with Gasteiger partial charge in [0.15, 0.2) is 5.79 Å². The minimum Gasteiger partial charge on any atom is -0.336 e. The van der Waals surface area contributed by atoms with Crippen molar-refractivity contribution in [2.24, 2.45) is 0 Å². The Hall–Kier alpha value is -0.410. The van der Waals surface area contributed by atoms with Gasteiger partial charge in [0.05, 0.1) is 0 Å². The summed E-state index contributed by atoms with van der Waals surface area (Å²) in [6.45, 7) is 3.78. The van der Waals surface area contributed by atoms with Gasteiger partial charge in [0, 0.05) is 22.7 Å². The molecule has 0 bridgehead atoms. The molecule has 0 spiro atoms. The first-order valence-corrected chi connectivity index (χ1v) is 9.34. The van der Waals surface area contributed by atoms with Gasteiger partial charge in [-0.2, -0.15) is 13.1 Å². The van der Waals surface area contributed by atoms with Crippen molar-refractivity contribution >= 4 is 33.5 Å². The van der Waals surface area contributed by atoms with Gasteiger partial charge >= 0.3 is 10.3 Å². The summed E-state index contributed by atoms with van der Waals surface area (Å²) in [4.78, 5) is 0. The summed E-state index contributed by atoms with van der Waals surface area (Å²) in [7, 11) is -2.70. The van der Waals surface area contributed by atoms with Crippen LogP contribution in [-0.4, -0.2) is 27.5 Å². The zero-order valence-electron chi connectivity index (χ0n) is 13.0. The van der Waals surface area contributed by atoms with Gasteiger partial charge in [-0.3, -0.25) is 0 Å². The van der Waals surface area contributed by atoms with E-state index in [9.17, 15) is 8.42 Å². The lowest BCUT2D eigenvalue weighted by Crippen LogP contribution is -2.32. The summed E-state index contributed by atoms with van der Waals surface area (Å²) in [6, 6.07) is 4.87. The summed E-state index contributed by atoms with van der Waals surface area (Å²) in [5.41, 5.74) is 0.552. The maximum atomic E-state index is 11.7. The Kier molecular flexibility index (Phi) is 5.94. The Morgan fingerprint density at radius 1 is 1.26 bits per heavy atom. The normalized spacial score (nSPS) is 24.0. The molecule has 0 amide bonds. The first-order valence-electron chi connectivity index (χ1n) is 7.18. The highest BCUT2D eigenvalue weighted by atomic mass is 35.5. The molecule has 0 saturated carbocycles. The molecule has 1 heterocycles. The van der Waals surface area contributed by atoms with E-state index in [1.807, 2.05) is 13.8 Å². The molecule has 0 aromatic heterocycles. The van der Waals surface area contributed by atoms with Gasteiger partial charge in [0.2, 0.25) is 6.29 Å². The van der Waals surface area contributed by atoms with Crippen LogP contribution >= 0.6 is 23.2 Å².